The van der Waals surface area contributed by atoms with Gasteiger partial charge in [0.2, 0.25) is 10.0 Å². The van der Waals surface area contributed by atoms with Crippen molar-refractivity contribution >= 4 is 37.5 Å². The molecule has 2 aromatic carbocycles. The maximum atomic E-state index is 14.2. The summed E-state index contributed by atoms with van der Waals surface area (Å²) < 4.78 is 61.1. The highest BCUT2D eigenvalue weighted by Crippen LogP contribution is 2.27. The Morgan fingerprint density at radius 3 is 2.16 bits per heavy atom. The Hall–Kier alpha value is -1.99. The van der Waals surface area contributed by atoms with Crippen LogP contribution in [-0.2, 0) is 33.2 Å². The minimum atomic E-state index is -3.79. The van der Waals surface area contributed by atoms with E-state index in [1.807, 2.05) is 56.3 Å². The zero-order chi connectivity index (χ0) is 32.2. The summed E-state index contributed by atoms with van der Waals surface area (Å²) in [6, 6.07) is 12.6. The van der Waals surface area contributed by atoms with Crippen molar-refractivity contribution in [2.24, 2.45) is 5.92 Å². The van der Waals surface area contributed by atoms with Crippen LogP contribution in [0, 0.1) is 5.92 Å². The minimum Gasteiger partial charge on any atom is -0.378 e. The molecule has 0 radical (unpaired) electrons. The minimum absolute atomic E-state index is 0.203. The van der Waals surface area contributed by atoms with Crippen LogP contribution < -0.4 is 4.90 Å². The number of benzene rings is 2. The number of nitrogens with zero attached hydrogens (tertiary/aromatic N) is 5. The van der Waals surface area contributed by atoms with Gasteiger partial charge in [0, 0.05) is 70.6 Å². The van der Waals surface area contributed by atoms with Crippen LogP contribution in [0.5, 0.6) is 0 Å². The van der Waals surface area contributed by atoms with Gasteiger partial charge in [0.05, 0.1) is 4.90 Å². The van der Waals surface area contributed by atoms with Gasteiger partial charge in [0.15, 0.2) is 0 Å². The van der Waals surface area contributed by atoms with Gasteiger partial charge in [0.25, 0.3) is 10.2 Å². The first-order chi connectivity index (χ1) is 21.4. The van der Waals surface area contributed by atoms with Crippen LogP contribution in [0.25, 0.3) is 0 Å². The van der Waals surface area contributed by atoms with E-state index in [9.17, 15) is 16.8 Å². The lowest BCUT2D eigenvalue weighted by Gasteiger charge is -2.36. The number of fused-ring (bicyclic) bond motifs is 1. The van der Waals surface area contributed by atoms with E-state index >= 15 is 0 Å². The molecule has 2 heterocycles. The molecule has 1 atom stereocenters. The van der Waals surface area contributed by atoms with Crippen molar-refractivity contribution in [3.8, 4) is 0 Å². The zero-order valence-electron chi connectivity index (χ0n) is 26.9. The zero-order valence-corrected chi connectivity index (χ0v) is 29.3. The number of allylic oxidation sites excluding steroid dienone is 1. The van der Waals surface area contributed by atoms with E-state index in [0.29, 0.717) is 44.0 Å². The average molecular weight is 678 g/mol. The Balaban J connectivity index is 1.39. The van der Waals surface area contributed by atoms with E-state index in [1.54, 1.807) is 25.0 Å². The van der Waals surface area contributed by atoms with E-state index in [0.717, 1.165) is 55.7 Å². The van der Waals surface area contributed by atoms with Gasteiger partial charge >= 0.3 is 0 Å². The van der Waals surface area contributed by atoms with Gasteiger partial charge in [-0.25, -0.2) is 8.42 Å². The smallest absolute Gasteiger partial charge is 0.282 e. The summed E-state index contributed by atoms with van der Waals surface area (Å²) in [5.41, 5.74) is 4.42. The summed E-state index contributed by atoms with van der Waals surface area (Å²) in [6.45, 7) is 6.31. The third-order valence-corrected chi connectivity index (χ3v) is 13.2. The van der Waals surface area contributed by atoms with Crippen molar-refractivity contribution in [2.75, 3.05) is 71.4 Å². The fourth-order valence-corrected chi connectivity index (χ4v) is 10.2. The predicted octanol–water partition coefficient (Wildman–Crippen LogP) is 4.84. The van der Waals surface area contributed by atoms with Crippen molar-refractivity contribution in [3.05, 3.63) is 70.3 Å². The molecule has 9 nitrogen and oxygen atoms in total. The van der Waals surface area contributed by atoms with Crippen molar-refractivity contribution in [3.63, 3.8) is 0 Å². The van der Waals surface area contributed by atoms with Crippen LogP contribution >= 0.6 is 11.6 Å². The first kappa shape index (κ1) is 34.3. The Kier molecular flexibility index (Phi) is 11.3. The molecule has 0 unspecified atom stereocenters. The first-order valence-corrected chi connectivity index (χ1v) is 19.4. The van der Waals surface area contributed by atoms with E-state index < -0.39 is 20.2 Å². The fourth-order valence-electron chi connectivity index (χ4n) is 6.66. The molecule has 0 bridgehead atoms. The van der Waals surface area contributed by atoms with Crippen LogP contribution in [0.15, 0.2) is 59.0 Å². The molecule has 5 rings (SSSR count). The van der Waals surface area contributed by atoms with Crippen LogP contribution in [0.1, 0.15) is 50.2 Å². The lowest BCUT2D eigenvalue weighted by molar-refractivity contribution is 0.226. The van der Waals surface area contributed by atoms with Crippen molar-refractivity contribution < 1.29 is 16.8 Å². The van der Waals surface area contributed by atoms with E-state index in [-0.39, 0.29) is 23.9 Å². The van der Waals surface area contributed by atoms with Crippen molar-refractivity contribution in [2.45, 2.75) is 56.9 Å². The third kappa shape index (κ3) is 8.49. The Bertz CT molecular complexity index is 1560. The molecular weight excluding hydrogens is 630 g/mol. The van der Waals surface area contributed by atoms with E-state index in [4.69, 9.17) is 11.6 Å². The number of halogens is 1. The maximum Gasteiger partial charge on any atom is 0.282 e. The largest absolute Gasteiger partial charge is 0.378 e. The molecule has 248 valence electrons. The highest BCUT2D eigenvalue weighted by molar-refractivity contribution is 7.89. The molecule has 3 aliphatic rings. The Morgan fingerprint density at radius 1 is 0.800 bits per heavy atom. The standard InChI is InChI=1S/C33H48ClN5O4S2/c1-27-23-37(44(40,41)33-14-12-32(13-15-33)35(2)3)19-6-17-36(25-28-8-4-5-9-28)18-7-20-38(24-27)45(42,43)39-21-16-29-22-31(34)11-10-30(29)26-39/h8,10-15,22,27H,4-7,9,16-21,23-26H2,1-3H3/t27-/m0/s1. The maximum absolute atomic E-state index is 14.2. The van der Waals surface area contributed by atoms with E-state index in [1.165, 1.54) is 12.0 Å². The lowest BCUT2D eigenvalue weighted by Crippen LogP contribution is -2.49. The number of hydrogen-bond acceptors (Lipinski definition) is 6. The highest BCUT2D eigenvalue weighted by Gasteiger charge is 2.35. The van der Waals surface area contributed by atoms with Crippen LogP contribution in [0.3, 0.4) is 0 Å². The summed E-state index contributed by atoms with van der Waals surface area (Å²) in [4.78, 5) is 4.58. The summed E-state index contributed by atoms with van der Waals surface area (Å²) in [6.07, 6.45) is 7.76. The molecule has 1 fully saturated rings. The Labute approximate surface area is 275 Å². The van der Waals surface area contributed by atoms with Crippen LogP contribution in [-0.4, -0.2) is 101 Å². The molecule has 2 aromatic rings. The van der Waals surface area contributed by atoms with Gasteiger partial charge in [-0.05, 0) is 105 Å². The number of rotatable bonds is 7. The number of anilines is 1. The van der Waals surface area contributed by atoms with Crippen LogP contribution in [0.2, 0.25) is 5.02 Å². The topological polar surface area (TPSA) is 84.5 Å². The molecule has 0 N–H and O–H groups in total. The van der Waals surface area contributed by atoms with Gasteiger partial charge in [-0.3, -0.25) is 4.90 Å². The molecule has 0 saturated carbocycles. The summed E-state index contributed by atoms with van der Waals surface area (Å²) >= 11 is 6.20. The van der Waals surface area contributed by atoms with Crippen molar-refractivity contribution in [1.82, 2.24) is 17.8 Å². The van der Waals surface area contributed by atoms with Crippen molar-refractivity contribution in [1.29, 1.82) is 0 Å². The summed E-state index contributed by atoms with van der Waals surface area (Å²) in [5.74, 6) is -0.203. The quantitative estimate of drug-likeness (QED) is 0.390. The molecule has 1 aliphatic carbocycles. The molecular formula is C33H48ClN5O4S2. The lowest BCUT2D eigenvalue weighted by atomic mass is 10.0. The molecule has 0 aromatic heterocycles. The van der Waals surface area contributed by atoms with Gasteiger partial charge < -0.3 is 4.90 Å². The third-order valence-electron chi connectivity index (χ3n) is 9.15. The monoisotopic (exact) mass is 677 g/mol. The molecule has 1 saturated heterocycles. The second kappa shape index (κ2) is 14.8. The highest BCUT2D eigenvalue weighted by atomic mass is 35.5. The normalized spacial score (nSPS) is 22.3. The molecule has 12 heteroatoms. The molecule has 0 spiro atoms. The van der Waals surface area contributed by atoms with Gasteiger partial charge in [-0.2, -0.15) is 21.3 Å². The molecule has 0 amide bonds. The molecule has 2 aliphatic heterocycles. The SMILES string of the molecule is C[C@H]1CN(S(=O)(=O)c2ccc(N(C)C)cc2)CCCN(CC2=CCCC2)CCCN(S(=O)(=O)N2CCc3cc(Cl)ccc3C2)C1. The summed E-state index contributed by atoms with van der Waals surface area (Å²) in [5, 5.41) is 0.660. The van der Waals surface area contributed by atoms with E-state index in [2.05, 4.69) is 11.0 Å². The second-order valence-electron chi connectivity index (χ2n) is 13.0. The van der Waals surface area contributed by atoms with Gasteiger partial charge in [-0.1, -0.05) is 36.2 Å². The molecule has 45 heavy (non-hydrogen) atoms. The number of hydrogen-bond donors (Lipinski definition) is 0. The van der Waals surface area contributed by atoms with Gasteiger partial charge in [-0.15, -0.1) is 0 Å². The predicted molar refractivity (Wildman–Crippen MR) is 182 cm³/mol. The van der Waals surface area contributed by atoms with Crippen LogP contribution in [0.4, 0.5) is 5.69 Å². The number of sulfonamides is 1. The Morgan fingerprint density at radius 2 is 1.49 bits per heavy atom. The van der Waals surface area contributed by atoms with Gasteiger partial charge in [0.1, 0.15) is 0 Å². The fraction of sp³-hybridized carbons (Fsp3) is 0.576. The first-order valence-electron chi connectivity index (χ1n) is 16.1. The summed E-state index contributed by atoms with van der Waals surface area (Å²) in [7, 11) is -3.72. The second-order valence-corrected chi connectivity index (χ2v) is 17.3. The average Bonchev–Trinajstić information content (AvgIpc) is 3.52.